The van der Waals surface area contributed by atoms with Crippen molar-refractivity contribution in [3.63, 3.8) is 0 Å². The van der Waals surface area contributed by atoms with Gasteiger partial charge >= 0.3 is 0 Å². The lowest BCUT2D eigenvalue weighted by Gasteiger charge is -2.22. The van der Waals surface area contributed by atoms with Gasteiger partial charge in [0.15, 0.2) is 0 Å². The monoisotopic (exact) mass is 356 g/mol. The second-order valence-electron chi connectivity index (χ2n) is 5.07. The third-order valence-electron chi connectivity index (χ3n) is 3.49. The molecule has 0 spiro atoms. The normalized spacial score (nSPS) is 17.7. The maximum atomic E-state index is 12.0. The van der Waals surface area contributed by atoms with Crippen molar-refractivity contribution in [3.8, 4) is 0 Å². The molecule has 110 valence electrons. The fraction of sp³-hybridized carbons (Fsp3) is 0.533. The second-order valence-corrected chi connectivity index (χ2v) is 7.21. The quantitative estimate of drug-likeness (QED) is 0.851. The molecule has 0 radical (unpaired) electrons. The summed E-state index contributed by atoms with van der Waals surface area (Å²) in [5.41, 5.74) is 1.12. The van der Waals surface area contributed by atoms with E-state index in [9.17, 15) is 4.79 Å². The van der Waals surface area contributed by atoms with E-state index >= 15 is 0 Å². The number of nitrogens with one attached hydrogen (secondary N) is 2. The Balaban J connectivity index is 1.77. The van der Waals surface area contributed by atoms with Crippen molar-refractivity contribution in [2.24, 2.45) is 0 Å². The molecule has 1 aromatic carbocycles. The largest absolute Gasteiger partial charge is 0.349 e. The molecule has 1 atom stereocenters. The minimum atomic E-state index is 0.0340. The van der Waals surface area contributed by atoms with Crippen molar-refractivity contribution < 1.29 is 4.79 Å². The first-order chi connectivity index (χ1) is 9.66. The number of halogens is 1. The van der Waals surface area contributed by atoms with Gasteiger partial charge in [-0.3, -0.25) is 4.79 Å². The maximum absolute atomic E-state index is 12.0. The summed E-state index contributed by atoms with van der Waals surface area (Å²) in [5, 5.41) is 7.04. The molecule has 3 nitrogen and oxygen atoms in total. The number of thioether (sulfide) groups is 1. The molecule has 0 saturated carbocycles. The predicted molar refractivity (Wildman–Crippen MR) is 89.0 cm³/mol. The van der Waals surface area contributed by atoms with Crippen LogP contribution in [-0.2, 0) is 4.79 Å². The van der Waals surface area contributed by atoms with E-state index in [1.165, 1.54) is 0 Å². The van der Waals surface area contributed by atoms with E-state index in [0.717, 1.165) is 36.0 Å². The number of amides is 1. The maximum Gasteiger partial charge on any atom is 0.230 e. The zero-order valence-electron chi connectivity index (χ0n) is 11.7. The zero-order valence-corrected chi connectivity index (χ0v) is 14.1. The van der Waals surface area contributed by atoms with Crippen LogP contribution in [0.4, 0.5) is 0 Å². The van der Waals surface area contributed by atoms with Gasteiger partial charge in [0.25, 0.3) is 0 Å². The van der Waals surface area contributed by atoms with Gasteiger partial charge in [-0.2, -0.15) is 0 Å². The number of hydrogen-bond acceptors (Lipinski definition) is 3. The summed E-state index contributed by atoms with van der Waals surface area (Å²) in [6.07, 6.45) is 2.33. The molecule has 1 fully saturated rings. The van der Waals surface area contributed by atoms with Gasteiger partial charge in [0.05, 0.1) is 11.8 Å². The summed E-state index contributed by atoms with van der Waals surface area (Å²) < 4.78 is 1.04. The van der Waals surface area contributed by atoms with Gasteiger partial charge in [-0.1, -0.05) is 34.1 Å². The van der Waals surface area contributed by atoms with Crippen LogP contribution in [0.15, 0.2) is 28.7 Å². The minimum Gasteiger partial charge on any atom is -0.349 e. The van der Waals surface area contributed by atoms with Crippen molar-refractivity contribution in [2.45, 2.75) is 31.1 Å². The average molecular weight is 357 g/mol. The van der Waals surface area contributed by atoms with Crippen LogP contribution in [0.2, 0.25) is 0 Å². The highest BCUT2D eigenvalue weighted by atomic mass is 79.9. The molecule has 20 heavy (non-hydrogen) atoms. The van der Waals surface area contributed by atoms with Crippen molar-refractivity contribution in [1.82, 2.24) is 10.6 Å². The molecule has 2 N–H and O–H groups in total. The van der Waals surface area contributed by atoms with E-state index in [0.29, 0.717) is 11.0 Å². The molecule has 1 heterocycles. The van der Waals surface area contributed by atoms with Gasteiger partial charge < -0.3 is 10.6 Å². The number of carbonyl (C=O) groups is 1. The summed E-state index contributed by atoms with van der Waals surface area (Å²) in [5.74, 6) is 0.677. The summed E-state index contributed by atoms with van der Waals surface area (Å²) in [4.78, 5) is 12.0. The molecule has 1 saturated heterocycles. The Morgan fingerprint density at radius 3 is 2.85 bits per heavy atom. The summed E-state index contributed by atoms with van der Waals surface area (Å²) >= 11 is 5.31. The highest BCUT2D eigenvalue weighted by molar-refractivity contribution is 9.10. The highest BCUT2D eigenvalue weighted by Gasteiger charge is 2.16. The molecular formula is C15H21BrN2OS. The van der Waals surface area contributed by atoms with Crippen molar-refractivity contribution in [1.29, 1.82) is 0 Å². The van der Waals surface area contributed by atoms with E-state index in [1.807, 2.05) is 31.2 Å². The summed E-state index contributed by atoms with van der Waals surface area (Å²) in [6.45, 7) is 4.17. The van der Waals surface area contributed by atoms with Crippen LogP contribution in [0.25, 0.3) is 0 Å². The van der Waals surface area contributed by atoms with Gasteiger partial charge in [0.2, 0.25) is 5.91 Å². The van der Waals surface area contributed by atoms with Crippen molar-refractivity contribution in [2.75, 3.05) is 18.8 Å². The SMILES string of the molecule is C[C@H](NC(=O)CSC1CCNCC1)c1ccccc1Br. The molecule has 0 unspecified atom stereocenters. The second kappa shape index (κ2) is 8.05. The van der Waals surface area contributed by atoms with E-state index < -0.39 is 0 Å². The Morgan fingerprint density at radius 2 is 2.15 bits per heavy atom. The molecule has 1 aromatic rings. The third kappa shape index (κ3) is 4.79. The van der Waals surface area contributed by atoms with Crippen LogP contribution in [0, 0.1) is 0 Å². The summed E-state index contributed by atoms with van der Waals surface area (Å²) in [7, 11) is 0. The van der Waals surface area contributed by atoms with Gasteiger partial charge in [-0.05, 0) is 44.5 Å². The molecule has 1 aliphatic heterocycles. The van der Waals surface area contributed by atoms with Gasteiger partial charge in [-0.25, -0.2) is 0 Å². The Kier molecular flexibility index (Phi) is 6.39. The van der Waals surface area contributed by atoms with E-state index in [1.54, 1.807) is 11.8 Å². The topological polar surface area (TPSA) is 41.1 Å². The molecule has 0 aromatic heterocycles. The molecule has 2 rings (SSSR count). The van der Waals surface area contributed by atoms with Gasteiger partial charge in [-0.15, -0.1) is 11.8 Å². The van der Waals surface area contributed by atoms with E-state index in [2.05, 4.69) is 26.6 Å². The molecule has 1 aliphatic rings. The summed E-state index contributed by atoms with van der Waals surface area (Å²) in [6, 6.07) is 8.05. The number of benzene rings is 1. The van der Waals surface area contributed by atoms with Crippen LogP contribution in [0.3, 0.4) is 0 Å². The first-order valence-electron chi connectivity index (χ1n) is 7.03. The van der Waals surface area contributed by atoms with E-state index in [4.69, 9.17) is 0 Å². The van der Waals surface area contributed by atoms with Gasteiger partial charge in [0.1, 0.15) is 0 Å². The molecule has 0 bridgehead atoms. The average Bonchev–Trinajstić information content (AvgIpc) is 2.46. The highest BCUT2D eigenvalue weighted by Crippen LogP contribution is 2.23. The number of hydrogen-bond donors (Lipinski definition) is 2. The van der Waals surface area contributed by atoms with Crippen LogP contribution < -0.4 is 10.6 Å². The molecule has 1 amide bonds. The minimum absolute atomic E-state index is 0.0340. The zero-order chi connectivity index (χ0) is 14.4. The van der Waals surface area contributed by atoms with Crippen LogP contribution in [0.1, 0.15) is 31.4 Å². The molecule has 0 aliphatic carbocycles. The van der Waals surface area contributed by atoms with Crippen LogP contribution in [0.5, 0.6) is 0 Å². The first kappa shape index (κ1) is 15.9. The first-order valence-corrected chi connectivity index (χ1v) is 8.87. The smallest absolute Gasteiger partial charge is 0.230 e. The lowest BCUT2D eigenvalue weighted by molar-refractivity contribution is -0.119. The van der Waals surface area contributed by atoms with E-state index in [-0.39, 0.29) is 11.9 Å². The number of rotatable bonds is 5. The van der Waals surface area contributed by atoms with Crippen LogP contribution in [-0.4, -0.2) is 30.0 Å². The standard InChI is InChI=1S/C15H21BrN2OS/c1-11(13-4-2-3-5-14(13)16)18-15(19)10-20-12-6-8-17-9-7-12/h2-5,11-12,17H,6-10H2,1H3,(H,18,19)/t11-/m0/s1. The lowest BCUT2D eigenvalue weighted by Crippen LogP contribution is -2.32. The Hall–Kier alpha value is -0.520. The van der Waals surface area contributed by atoms with Crippen LogP contribution >= 0.6 is 27.7 Å². The Morgan fingerprint density at radius 1 is 1.45 bits per heavy atom. The van der Waals surface area contributed by atoms with Gasteiger partial charge in [0, 0.05) is 9.72 Å². The van der Waals surface area contributed by atoms with Crippen molar-refractivity contribution >= 4 is 33.6 Å². The molecular weight excluding hydrogens is 336 g/mol. The fourth-order valence-electron chi connectivity index (χ4n) is 2.34. The fourth-order valence-corrected chi connectivity index (χ4v) is 4.01. The van der Waals surface area contributed by atoms with Crippen molar-refractivity contribution in [3.05, 3.63) is 34.3 Å². The number of carbonyl (C=O) groups excluding carboxylic acids is 1. The predicted octanol–water partition coefficient (Wildman–Crippen LogP) is 3.11. The Bertz CT molecular complexity index is 449. The molecule has 5 heteroatoms. The third-order valence-corrected chi connectivity index (χ3v) is 5.58. The number of piperidine rings is 1. The Labute approximate surface area is 133 Å². The lowest BCUT2D eigenvalue weighted by atomic mass is 10.1.